The zero-order valence-corrected chi connectivity index (χ0v) is 22.5. The minimum absolute atomic E-state index is 0.0491. The van der Waals surface area contributed by atoms with Gasteiger partial charge in [-0.3, -0.25) is 4.79 Å². The summed E-state index contributed by atoms with van der Waals surface area (Å²) in [5.74, 6) is 1.57. The van der Waals surface area contributed by atoms with E-state index in [1.807, 2.05) is 11.0 Å². The van der Waals surface area contributed by atoms with Crippen LogP contribution in [0.5, 0.6) is 5.75 Å². The second-order valence-corrected chi connectivity index (χ2v) is 12.0. The van der Waals surface area contributed by atoms with E-state index in [-0.39, 0.29) is 43.0 Å². The molecule has 2 fully saturated rings. The van der Waals surface area contributed by atoms with E-state index in [0.717, 1.165) is 38.8 Å². The summed E-state index contributed by atoms with van der Waals surface area (Å²) in [6.07, 6.45) is 10.0. The number of rotatable bonds is 11. The van der Waals surface area contributed by atoms with Crippen LogP contribution in [0, 0.1) is 11.8 Å². The molecule has 9 nitrogen and oxygen atoms in total. The molecule has 1 aliphatic carbocycles. The molecule has 2 atom stereocenters. The zero-order chi connectivity index (χ0) is 26.3. The van der Waals surface area contributed by atoms with Crippen LogP contribution in [0.25, 0.3) is 0 Å². The largest absolute Gasteiger partial charge is 0.497 e. The first-order chi connectivity index (χ1) is 17.9. The van der Waals surface area contributed by atoms with Crippen LogP contribution < -0.4 is 4.74 Å². The van der Waals surface area contributed by atoms with Crippen molar-refractivity contribution in [2.24, 2.45) is 11.8 Å². The monoisotopic (exact) mass is 536 g/mol. The van der Waals surface area contributed by atoms with Gasteiger partial charge in [0.25, 0.3) is 5.91 Å². The van der Waals surface area contributed by atoms with Gasteiger partial charge in [0.1, 0.15) is 5.75 Å². The molecule has 37 heavy (non-hydrogen) atoms. The fourth-order valence-electron chi connectivity index (χ4n) is 5.55. The Hall–Kier alpha value is -2.14. The number of benzene rings is 1. The Kier molecular flexibility index (Phi) is 9.86. The zero-order valence-electron chi connectivity index (χ0n) is 21.7. The highest BCUT2D eigenvalue weighted by atomic mass is 32.2. The highest BCUT2D eigenvalue weighted by molar-refractivity contribution is 7.89. The topological polar surface area (TPSA) is 106 Å². The summed E-state index contributed by atoms with van der Waals surface area (Å²) in [6, 6.07) is 6.15. The number of aliphatic hydroxyl groups excluding tert-OH is 1. The Balaban J connectivity index is 1.41. The van der Waals surface area contributed by atoms with Crippen LogP contribution in [0.4, 0.5) is 0 Å². The van der Waals surface area contributed by atoms with E-state index in [9.17, 15) is 18.3 Å². The van der Waals surface area contributed by atoms with Gasteiger partial charge in [-0.25, -0.2) is 8.42 Å². The normalized spacial score (nSPS) is 23.1. The van der Waals surface area contributed by atoms with Crippen molar-refractivity contribution < 1.29 is 32.5 Å². The van der Waals surface area contributed by atoms with E-state index >= 15 is 0 Å². The Morgan fingerprint density at radius 2 is 1.78 bits per heavy atom. The Bertz CT molecular complexity index is 1020. The molecule has 10 heteroatoms. The van der Waals surface area contributed by atoms with Crippen LogP contribution in [-0.2, 0) is 24.3 Å². The van der Waals surface area contributed by atoms with E-state index in [4.69, 9.17) is 14.2 Å². The summed E-state index contributed by atoms with van der Waals surface area (Å²) >= 11 is 0. The fraction of sp³-hybridized carbons (Fsp3) is 0.667. The van der Waals surface area contributed by atoms with Crippen LogP contribution in [-0.4, -0.2) is 81.4 Å². The summed E-state index contributed by atoms with van der Waals surface area (Å²) in [7, 11) is -2.31. The minimum Gasteiger partial charge on any atom is -0.497 e. The summed E-state index contributed by atoms with van der Waals surface area (Å²) in [5, 5.41) is 9.51. The van der Waals surface area contributed by atoms with Crippen molar-refractivity contribution in [1.82, 2.24) is 9.21 Å². The minimum atomic E-state index is -3.83. The van der Waals surface area contributed by atoms with Crippen LogP contribution in [0.1, 0.15) is 51.4 Å². The van der Waals surface area contributed by atoms with Gasteiger partial charge in [-0.2, -0.15) is 4.31 Å². The van der Waals surface area contributed by atoms with Gasteiger partial charge in [0.2, 0.25) is 16.3 Å². The summed E-state index contributed by atoms with van der Waals surface area (Å²) in [6.45, 7) is 1.28. The summed E-state index contributed by atoms with van der Waals surface area (Å²) in [4.78, 5) is 15.1. The molecule has 0 radical (unpaired) electrons. The molecule has 3 aliphatic rings. The van der Waals surface area contributed by atoms with Crippen molar-refractivity contribution in [1.29, 1.82) is 0 Å². The predicted molar refractivity (Wildman–Crippen MR) is 138 cm³/mol. The number of hydrogen-bond donors (Lipinski definition) is 1. The number of carbonyl (C=O) groups is 1. The number of sulfonamides is 1. The lowest BCUT2D eigenvalue weighted by atomic mass is 9.77. The molecule has 0 aromatic heterocycles. The van der Waals surface area contributed by atoms with Gasteiger partial charge in [0, 0.05) is 32.6 Å². The molecule has 1 saturated carbocycles. The lowest BCUT2D eigenvalue weighted by Crippen LogP contribution is -2.39. The number of nitrogens with zero attached hydrogens (tertiary/aromatic N) is 2. The molecular formula is C27H40N2O7S. The van der Waals surface area contributed by atoms with E-state index in [1.54, 1.807) is 12.1 Å². The van der Waals surface area contributed by atoms with Crippen LogP contribution in [0.15, 0.2) is 41.0 Å². The van der Waals surface area contributed by atoms with Gasteiger partial charge in [0.15, 0.2) is 5.76 Å². The molecule has 1 aromatic rings. The molecule has 2 aliphatic heterocycles. The van der Waals surface area contributed by atoms with Gasteiger partial charge in [0.05, 0.1) is 25.2 Å². The molecule has 1 N–H and O–H groups in total. The second-order valence-electron chi connectivity index (χ2n) is 10.0. The Morgan fingerprint density at radius 3 is 2.43 bits per heavy atom. The van der Waals surface area contributed by atoms with Gasteiger partial charge in [-0.1, -0.05) is 19.3 Å². The standard InChI is InChI=1S/C27H40N2O7S/c1-34-23-9-11-24(12-10-23)37(32,33)29(15-17-30)16-18-35-26-20-22(21-7-3-2-4-8-21)19-25(36-26)27(31)28-13-5-6-14-28/h9-12,19,21-22,26,30H,2-8,13-18,20H2,1H3/t22-,26+/m1/s1. The van der Waals surface area contributed by atoms with Gasteiger partial charge >= 0.3 is 0 Å². The van der Waals surface area contributed by atoms with E-state index in [1.165, 1.54) is 42.8 Å². The van der Waals surface area contributed by atoms with E-state index in [2.05, 4.69) is 0 Å². The number of methoxy groups -OCH3 is 1. The van der Waals surface area contributed by atoms with E-state index < -0.39 is 16.3 Å². The average Bonchev–Trinajstić information content (AvgIpc) is 3.47. The highest BCUT2D eigenvalue weighted by Crippen LogP contribution is 2.37. The molecule has 1 aromatic carbocycles. The van der Waals surface area contributed by atoms with Crippen LogP contribution >= 0.6 is 0 Å². The van der Waals surface area contributed by atoms with E-state index in [0.29, 0.717) is 23.8 Å². The molecule has 1 amide bonds. The smallest absolute Gasteiger partial charge is 0.288 e. The summed E-state index contributed by atoms with van der Waals surface area (Å²) in [5.41, 5.74) is 0. The van der Waals surface area contributed by atoms with Crippen LogP contribution in [0.2, 0.25) is 0 Å². The molecule has 0 unspecified atom stereocenters. The number of aliphatic hydroxyl groups is 1. The lowest BCUT2D eigenvalue weighted by molar-refractivity contribution is -0.156. The van der Waals surface area contributed by atoms with Gasteiger partial charge < -0.3 is 24.2 Å². The molecule has 4 rings (SSSR count). The highest BCUT2D eigenvalue weighted by Gasteiger charge is 2.35. The maximum atomic E-state index is 13.2. The molecule has 2 heterocycles. The number of amides is 1. The van der Waals surface area contributed by atoms with Gasteiger partial charge in [-0.05, 0) is 67.9 Å². The quantitative estimate of drug-likeness (QED) is 0.463. The molecule has 0 bridgehead atoms. The van der Waals surface area contributed by atoms with Crippen molar-refractivity contribution in [3.8, 4) is 5.75 Å². The number of ether oxygens (including phenoxy) is 3. The Labute approximate surface area is 220 Å². The third kappa shape index (κ3) is 7.04. The first kappa shape index (κ1) is 27.9. The second kappa shape index (κ2) is 13.1. The lowest BCUT2D eigenvalue weighted by Gasteiger charge is -2.36. The molecule has 1 saturated heterocycles. The van der Waals surface area contributed by atoms with Crippen LogP contribution in [0.3, 0.4) is 0 Å². The number of carbonyl (C=O) groups excluding carboxylic acids is 1. The average molecular weight is 537 g/mol. The first-order valence-electron chi connectivity index (χ1n) is 13.5. The third-order valence-corrected chi connectivity index (χ3v) is 9.55. The molecule has 0 spiro atoms. The Morgan fingerprint density at radius 1 is 1.08 bits per heavy atom. The van der Waals surface area contributed by atoms with Crippen molar-refractivity contribution >= 4 is 15.9 Å². The molecule has 206 valence electrons. The van der Waals surface area contributed by atoms with Crippen molar-refractivity contribution in [2.75, 3.05) is 46.5 Å². The van der Waals surface area contributed by atoms with Crippen molar-refractivity contribution in [2.45, 2.75) is 62.6 Å². The number of allylic oxidation sites excluding steroid dienone is 1. The molecular weight excluding hydrogens is 496 g/mol. The maximum absolute atomic E-state index is 13.2. The summed E-state index contributed by atoms with van der Waals surface area (Å²) < 4.78 is 44.8. The SMILES string of the molecule is COc1ccc(S(=O)(=O)N(CCO)CCO[C@@H]2C[C@H](C3CCCCC3)C=C(C(=O)N3CCCC3)O2)cc1. The van der Waals surface area contributed by atoms with Crippen molar-refractivity contribution in [3.63, 3.8) is 0 Å². The fourth-order valence-corrected chi connectivity index (χ4v) is 6.97. The van der Waals surface area contributed by atoms with Crippen molar-refractivity contribution in [3.05, 3.63) is 36.1 Å². The first-order valence-corrected chi connectivity index (χ1v) is 14.9. The van der Waals surface area contributed by atoms with Gasteiger partial charge in [-0.15, -0.1) is 0 Å². The predicted octanol–water partition coefficient (Wildman–Crippen LogP) is 3.14. The maximum Gasteiger partial charge on any atom is 0.288 e. The number of likely N-dealkylation sites (tertiary alicyclic amines) is 1. The third-order valence-electron chi connectivity index (χ3n) is 7.64. The number of hydrogen-bond acceptors (Lipinski definition) is 7.